The number of benzene rings is 3. The highest BCUT2D eigenvalue weighted by atomic mass is 16.6. The number of carbonyl (C=O) groups is 4. The number of rotatable bonds is 11. The summed E-state index contributed by atoms with van der Waals surface area (Å²) in [7, 11) is 0. The van der Waals surface area contributed by atoms with Crippen molar-refractivity contribution in [1.29, 1.82) is 0 Å². The van der Waals surface area contributed by atoms with E-state index < -0.39 is 30.5 Å². The Morgan fingerprint density at radius 1 is 1.00 bits per heavy atom. The summed E-state index contributed by atoms with van der Waals surface area (Å²) in [6, 6.07) is 23.0. The Labute approximate surface area is 250 Å². The Morgan fingerprint density at radius 3 is 2.37 bits per heavy atom. The summed E-state index contributed by atoms with van der Waals surface area (Å²) in [4.78, 5) is 49.9. The standard InChI is InChI=1S/C33H37N3O7/c1-22-20-36(21-25(30(39)34-19-29(37)38)17-23-7-4-3-5-8-23)16-15-33(22,2)26-9-6-10-28(18-26)43-32(42)35-27-13-11-24(12-14-27)31(40)41/h3-14,18,22,25H,15-17,19-21H2,1-2H3,(H,34,39)(H,35,42)(H,37,38)(H,40,41). The first kappa shape index (κ1) is 31.2. The molecule has 3 aromatic carbocycles. The summed E-state index contributed by atoms with van der Waals surface area (Å²) in [6.45, 7) is 5.95. The van der Waals surface area contributed by atoms with Crippen molar-refractivity contribution in [2.45, 2.75) is 32.1 Å². The second-order valence-electron chi connectivity index (χ2n) is 11.3. The molecule has 0 aromatic heterocycles. The van der Waals surface area contributed by atoms with Crippen LogP contribution in [0.3, 0.4) is 0 Å². The van der Waals surface area contributed by atoms with E-state index >= 15 is 0 Å². The number of aromatic carboxylic acids is 1. The van der Waals surface area contributed by atoms with Gasteiger partial charge in [-0.3, -0.25) is 14.9 Å². The van der Waals surface area contributed by atoms with Crippen molar-refractivity contribution < 1.29 is 34.1 Å². The van der Waals surface area contributed by atoms with Gasteiger partial charge in [0, 0.05) is 18.8 Å². The van der Waals surface area contributed by atoms with E-state index in [1.165, 1.54) is 24.3 Å². The lowest BCUT2D eigenvalue weighted by Crippen LogP contribution is -2.50. The third kappa shape index (κ3) is 8.42. The number of piperidine rings is 1. The molecule has 10 nitrogen and oxygen atoms in total. The molecule has 0 spiro atoms. The summed E-state index contributed by atoms with van der Waals surface area (Å²) >= 11 is 0. The molecule has 1 aliphatic rings. The summed E-state index contributed by atoms with van der Waals surface area (Å²) in [6.07, 6.45) is 0.646. The zero-order chi connectivity index (χ0) is 31.0. The van der Waals surface area contributed by atoms with E-state index in [9.17, 15) is 19.2 Å². The first-order chi connectivity index (χ1) is 20.5. The number of carboxylic acid groups (broad SMARTS) is 2. The molecule has 1 saturated heterocycles. The van der Waals surface area contributed by atoms with Gasteiger partial charge in [-0.15, -0.1) is 0 Å². The van der Waals surface area contributed by atoms with Crippen LogP contribution < -0.4 is 15.4 Å². The van der Waals surface area contributed by atoms with Gasteiger partial charge in [0.05, 0.1) is 11.5 Å². The lowest BCUT2D eigenvalue weighted by molar-refractivity contribution is -0.138. The first-order valence-corrected chi connectivity index (χ1v) is 14.2. The van der Waals surface area contributed by atoms with Crippen molar-refractivity contribution in [2.75, 3.05) is 31.5 Å². The lowest BCUT2D eigenvalue weighted by atomic mass is 9.68. The van der Waals surface area contributed by atoms with Crippen molar-refractivity contribution in [3.05, 3.63) is 95.6 Å². The number of hydrogen-bond donors (Lipinski definition) is 4. The maximum absolute atomic E-state index is 13.0. The van der Waals surface area contributed by atoms with E-state index in [2.05, 4.69) is 29.4 Å². The van der Waals surface area contributed by atoms with Crippen molar-refractivity contribution in [1.82, 2.24) is 10.2 Å². The van der Waals surface area contributed by atoms with E-state index in [0.717, 1.165) is 30.6 Å². The predicted octanol–water partition coefficient (Wildman–Crippen LogP) is 4.65. The van der Waals surface area contributed by atoms with Crippen molar-refractivity contribution in [3.63, 3.8) is 0 Å². The molecule has 226 valence electrons. The summed E-state index contributed by atoms with van der Waals surface area (Å²) < 4.78 is 5.54. The van der Waals surface area contributed by atoms with Crippen LogP contribution in [0.15, 0.2) is 78.9 Å². The van der Waals surface area contributed by atoms with Gasteiger partial charge in [-0.05, 0) is 78.2 Å². The van der Waals surface area contributed by atoms with Crippen LogP contribution in [0.2, 0.25) is 0 Å². The van der Waals surface area contributed by atoms with E-state index in [1.807, 2.05) is 48.5 Å². The average molecular weight is 588 g/mol. The minimum atomic E-state index is -1.08. The molecule has 1 heterocycles. The van der Waals surface area contributed by atoms with Crippen molar-refractivity contribution in [2.24, 2.45) is 11.8 Å². The SMILES string of the molecule is CC1CN(CC(Cc2ccccc2)C(=O)NCC(=O)O)CCC1(C)c1cccc(OC(=O)Nc2ccc(C(=O)O)cc2)c1. The molecular weight excluding hydrogens is 550 g/mol. The fourth-order valence-corrected chi connectivity index (χ4v) is 5.53. The number of carboxylic acids is 2. The highest BCUT2D eigenvalue weighted by molar-refractivity contribution is 5.90. The number of nitrogens with one attached hydrogen (secondary N) is 2. The Balaban J connectivity index is 1.39. The molecule has 3 unspecified atom stereocenters. The summed E-state index contributed by atoms with van der Waals surface area (Å²) in [5.41, 5.74) is 2.38. The van der Waals surface area contributed by atoms with Crippen LogP contribution in [0.4, 0.5) is 10.5 Å². The van der Waals surface area contributed by atoms with Crippen LogP contribution in [-0.4, -0.2) is 65.2 Å². The second-order valence-corrected chi connectivity index (χ2v) is 11.3. The average Bonchev–Trinajstić information content (AvgIpc) is 2.98. The number of anilines is 1. The van der Waals surface area contributed by atoms with Gasteiger partial charge in [-0.25, -0.2) is 9.59 Å². The first-order valence-electron chi connectivity index (χ1n) is 14.2. The number of hydrogen-bond acceptors (Lipinski definition) is 6. The molecule has 10 heteroatoms. The lowest BCUT2D eigenvalue weighted by Gasteiger charge is -2.45. The Kier molecular flexibility index (Phi) is 10.2. The molecule has 0 aliphatic carbocycles. The van der Waals surface area contributed by atoms with E-state index in [1.54, 1.807) is 6.07 Å². The van der Waals surface area contributed by atoms with E-state index in [-0.39, 0.29) is 22.8 Å². The van der Waals surface area contributed by atoms with Gasteiger partial charge in [0.15, 0.2) is 0 Å². The summed E-state index contributed by atoms with van der Waals surface area (Å²) in [5.74, 6) is -2.19. The monoisotopic (exact) mass is 587 g/mol. The quantitative estimate of drug-likeness (QED) is 0.254. The molecule has 2 amide bonds. The van der Waals surface area contributed by atoms with E-state index in [0.29, 0.717) is 24.4 Å². The van der Waals surface area contributed by atoms with Crippen molar-refractivity contribution >= 4 is 29.6 Å². The molecule has 4 N–H and O–H groups in total. The number of amides is 2. The number of nitrogens with zero attached hydrogens (tertiary/aromatic N) is 1. The molecule has 0 saturated carbocycles. The topological polar surface area (TPSA) is 145 Å². The minimum absolute atomic E-state index is 0.119. The maximum atomic E-state index is 13.0. The van der Waals surface area contributed by atoms with Gasteiger partial charge in [-0.1, -0.05) is 56.3 Å². The van der Waals surface area contributed by atoms with Gasteiger partial charge in [0.2, 0.25) is 5.91 Å². The van der Waals surface area contributed by atoms with Gasteiger partial charge >= 0.3 is 18.0 Å². The fraction of sp³-hybridized carbons (Fsp3) is 0.333. The second kappa shape index (κ2) is 14.0. The fourth-order valence-electron chi connectivity index (χ4n) is 5.53. The van der Waals surface area contributed by atoms with E-state index in [4.69, 9.17) is 14.9 Å². The van der Waals surface area contributed by atoms with Gasteiger partial charge in [0.1, 0.15) is 12.3 Å². The molecule has 1 aliphatic heterocycles. The molecule has 43 heavy (non-hydrogen) atoms. The Morgan fingerprint density at radius 2 is 1.72 bits per heavy atom. The highest BCUT2D eigenvalue weighted by Gasteiger charge is 2.39. The minimum Gasteiger partial charge on any atom is -0.480 e. The van der Waals surface area contributed by atoms with Crippen LogP contribution in [-0.2, 0) is 21.4 Å². The number of carbonyl (C=O) groups excluding carboxylic acids is 2. The van der Waals surface area contributed by atoms with Crippen LogP contribution >= 0.6 is 0 Å². The Hall–Kier alpha value is -4.70. The molecule has 0 radical (unpaired) electrons. The smallest absolute Gasteiger partial charge is 0.417 e. The zero-order valence-corrected chi connectivity index (χ0v) is 24.3. The third-order valence-corrected chi connectivity index (χ3v) is 8.24. The van der Waals surface area contributed by atoms with Gasteiger partial charge in [-0.2, -0.15) is 0 Å². The molecule has 0 bridgehead atoms. The maximum Gasteiger partial charge on any atom is 0.417 e. The normalized spacial score (nSPS) is 19.2. The molecule has 3 aromatic rings. The van der Waals surface area contributed by atoms with Crippen LogP contribution in [0, 0.1) is 11.8 Å². The number of likely N-dealkylation sites (tertiary alicyclic amines) is 1. The molecule has 3 atom stereocenters. The number of aliphatic carboxylic acids is 1. The van der Waals surface area contributed by atoms with Crippen molar-refractivity contribution in [3.8, 4) is 5.75 Å². The third-order valence-electron chi connectivity index (χ3n) is 8.24. The van der Waals surface area contributed by atoms with Crippen LogP contribution in [0.1, 0.15) is 41.8 Å². The van der Waals surface area contributed by atoms with Crippen LogP contribution in [0.5, 0.6) is 5.75 Å². The Bertz CT molecular complexity index is 1440. The zero-order valence-electron chi connectivity index (χ0n) is 24.3. The predicted molar refractivity (Wildman–Crippen MR) is 161 cm³/mol. The van der Waals surface area contributed by atoms with Gasteiger partial charge in [0.25, 0.3) is 0 Å². The summed E-state index contributed by atoms with van der Waals surface area (Å²) in [5, 5.41) is 23.3. The molecular formula is C33H37N3O7. The molecule has 1 fully saturated rings. The molecule has 4 rings (SSSR count). The highest BCUT2D eigenvalue weighted by Crippen LogP contribution is 2.40. The largest absolute Gasteiger partial charge is 0.480 e. The number of ether oxygens (including phenoxy) is 1. The van der Waals surface area contributed by atoms with Gasteiger partial charge < -0.3 is 25.2 Å². The van der Waals surface area contributed by atoms with Crippen LogP contribution in [0.25, 0.3) is 0 Å².